The standard InChI is InChI=1S/C15H14ClN3O2/c16-12-2-1-3-13(8-12)17-10-15(21)19-18-9-11-4-6-14(20)7-5-11/h1-9,17,20H,10H2,(H,19,21)/b18-9-. The van der Waals surface area contributed by atoms with E-state index in [-0.39, 0.29) is 18.2 Å². The van der Waals surface area contributed by atoms with E-state index in [0.717, 1.165) is 11.3 Å². The molecule has 6 heteroatoms. The van der Waals surface area contributed by atoms with Crippen LogP contribution in [0.2, 0.25) is 5.02 Å². The van der Waals surface area contributed by atoms with Crippen LogP contribution >= 0.6 is 11.6 Å². The van der Waals surface area contributed by atoms with Crippen LogP contribution in [0.4, 0.5) is 5.69 Å². The molecule has 0 aliphatic rings. The zero-order valence-corrected chi connectivity index (χ0v) is 11.8. The van der Waals surface area contributed by atoms with Gasteiger partial charge in [-0.1, -0.05) is 17.7 Å². The van der Waals surface area contributed by atoms with Gasteiger partial charge in [-0.2, -0.15) is 5.10 Å². The molecule has 0 radical (unpaired) electrons. The fourth-order valence-corrected chi connectivity index (χ4v) is 1.75. The lowest BCUT2D eigenvalue weighted by Gasteiger charge is -2.05. The van der Waals surface area contributed by atoms with Crippen molar-refractivity contribution < 1.29 is 9.90 Å². The number of nitrogens with one attached hydrogen (secondary N) is 2. The van der Waals surface area contributed by atoms with Crippen LogP contribution in [0, 0.1) is 0 Å². The lowest BCUT2D eigenvalue weighted by molar-refractivity contribution is -0.119. The van der Waals surface area contributed by atoms with Crippen LogP contribution in [0.15, 0.2) is 53.6 Å². The Morgan fingerprint density at radius 1 is 1.24 bits per heavy atom. The van der Waals surface area contributed by atoms with Gasteiger partial charge in [-0.25, -0.2) is 5.43 Å². The Labute approximate surface area is 127 Å². The fourth-order valence-electron chi connectivity index (χ4n) is 1.56. The van der Waals surface area contributed by atoms with Crippen molar-refractivity contribution >= 4 is 29.4 Å². The van der Waals surface area contributed by atoms with E-state index in [1.807, 2.05) is 6.07 Å². The number of rotatable bonds is 5. The number of halogens is 1. The lowest BCUT2D eigenvalue weighted by atomic mass is 10.2. The highest BCUT2D eigenvalue weighted by Gasteiger charge is 1.99. The van der Waals surface area contributed by atoms with Crippen molar-refractivity contribution in [1.82, 2.24) is 5.43 Å². The van der Waals surface area contributed by atoms with Gasteiger partial charge in [0.2, 0.25) is 0 Å². The fraction of sp³-hybridized carbons (Fsp3) is 0.0667. The number of aromatic hydroxyl groups is 1. The van der Waals surface area contributed by atoms with Gasteiger partial charge in [-0.15, -0.1) is 0 Å². The maximum absolute atomic E-state index is 11.6. The van der Waals surface area contributed by atoms with Gasteiger partial charge in [0.25, 0.3) is 5.91 Å². The molecule has 1 amide bonds. The Hall–Kier alpha value is -2.53. The number of carbonyl (C=O) groups is 1. The highest BCUT2D eigenvalue weighted by molar-refractivity contribution is 6.30. The van der Waals surface area contributed by atoms with E-state index in [1.165, 1.54) is 6.21 Å². The average molecular weight is 304 g/mol. The van der Waals surface area contributed by atoms with Crippen molar-refractivity contribution in [3.8, 4) is 5.75 Å². The minimum absolute atomic E-state index is 0.0905. The molecule has 108 valence electrons. The summed E-state index contributed by atoms with van der Waals surface area (Å²) in [5, 5.41) is 16.5. The Bertz CT molecular complexity index is 642. The molecule has 21 heavy (non-hydrogen) atoms. The van der Waals surface area contributed by atoms with Gasteiger partial charge in [-0.3, -0.25) is 4.79 Å². The smallest absolute Gasteiger partial charge is 0.259 e. The quantitative estimate of drug-likeness (QED) is 0.587. The number of phenolic OH excluding ortho intramolecular Hbond substituents is 1. The van der Waals surface area contributed by atoms with Crippen molar-refractivity contribution in [3.63, 3.8) is 0 Å². The van der Waals surface area contributed by atoms with Gasteiger partial charge in [0.1, 0.15) is 5.75 Å². The minimum atomic E-state index is -0.273. The zero-order valence-electron chi connectivity index (χ0n) is 11.1. The molecule has 0 saturated heterocycles. The van der Waals surface area contributed by atoms with Crippen molar-refractivity contribution in [1.29, 1.82) is 0 Å². The van der Waals surface area contributed by atoms with Crippen LogP contribution in [-0.4, -0.2) is 23.8 Å². The van der Waals surface area contributed by atoms with Gasteiger partial charge in [0.05, 0.1) is 12.8 Å². The maximum Gasteiger partial charge on any atom is 0.259 e. The van der Waals surface area contributed by atoms with Crippen molar-refractivity contribution in [2.24, 2.45) is 5.10 Å². The van der Waals surface area contributed by atoms with Crippen LogP contribution in [0.5, 0.6) is 5.75 Å². The summed E-state index contributed by atoms with van der Waals surface area (Å²) in [6, 6.07) is 13.6. The zero-order chi connectivity index (χ0) is 15.1. The second kappa shape index (κ2) is 7.31. The molecule has 0 fully saturated rings. The van der Waals surface area contributed by atoms with Crippen LogP contribution in [0.25, 0.3) is 0 Å². The molecule has 0 unspecified atom stereocenters. The summed E-state index contributed by atoms with van der Waals surface area (Å²) in [6.45, 7) is 0.0905. The number of hydrazone groups is 1. The Balaban J connectivity index is 1.78. The molecule has 0 spiro atoms. The lowest BCUT2D eigenvalue weighted by Crippen LogP contribution is -2.25. The van der Waals surface area contributed by atoms with Gasteiger partial charge in [0.15, 0.2) is 0 Å². The summed E-state index contributed by atoms with van der Waals surface area (Å²) in [6.07, 6.45) is 1.50. The Morgan fingerprint density at radius 2 is 2.00 bits per heavy atom. The topological polar surface area (TPSA) is 73.7 Å². The average Bonchev–Trinajstić information content (AvgIpc) is 2.47. The second-order valence-corrected chi connectivity index (χ2v) is 4.69. The van der Waals surface area contributed by atoms with Gasteiger partial charge in [-0.05, 0) is 48.0 Å². The van der Waals surface area contributed by atoms with Gasteiger partial charge >= 0.3 is 0 Å². The van der Waals surface area contributed by atoms with Crippen molar-refractivity contribution in [2.45, 2.75) is 0 Å². The van der Waals surface area contributed by atoms with E-state index in [1.54, 1.807) is 42.5 Å². The first-order chi connectivity index (χ1) is 10.1. The van der Waals surface area contributed by atoms with Crippen LogP contribution in [0.1, 0.15) is 5.56 Å². The number of carbonyl (C=O) groups excluding carboxylic acids is 1. The Kier molecular flexibility index (Phi) is 5.17. The van der Waals surface area contributed by atoms with E-state index in [4.69, 9.17) is 16.7 Å². The molecular weight excluding hydrogens is 290 g/mol. The van der Waals surface area contributed by atoms with E-state index in [0.29, 0.717) is 5.02 Å². The molecular formula is C15H14ClN3O2. The van der Waals surface area contributed by atoms with E-state index in [9.17, 15) is 4.79 Å². The predicted molar refractivity (Wildman–Crippen MR) is 83.8 cm³/mol. The van der Waals surface area contributed by atoms with Crippen LogP contribution in [0.3, 0.4) is 0 Å². The first-order valence-corrected chi connectivity index (χ1v) is 6.61. The summed E-state index contributed by atoms with van der Waals surface area (Å²) >= 11 is 5.84. The third kappa shape index (κ3) is 5.16. The molecule has 3 N–H and O–H groups in total. The molecule has 0 heterocycles. The molecule has 2 aromatic rings. The number of phenols is 1. The summed E-state index contributed by atoms with van der Waals surface area (Å²) in [4.78, 5) is 11.6. The summed E-state index contributed by atoms with van der Waals surface area (Å²) in [5.41, 5.74) is 3.94. The Morgan fingerprint density at radius 3 is 2.71 bits per heavy atom. The number of amides is 1. The molecule has 2 aromatic carbocycles. The highest BCUT2D eigenvalue weighted by atomic mass is 35.5. The molecule has 0 aromatic heterocycles. The summed E-state index contributed by atoms with van der Waals surface area (Å²) < 4.78 is 0. The summed E-state index contributed by atoms with van der Waals surface area (Å²) in [5.74, 6) is -0.0908. The highest BCUT2D eigenvalue weighted by Crippen LogP contribution is 2.14. The number of nitrogens with zero attached hydrogens (tertiary/aromatic N) is 1. The SMILES string of the molecule is O=C(CNc1cccc(Cl)c1)N/N=C\c1ccc(O)cc1. The van der Waals surface area contributed by atoms with E-state index >= 15 is 0 Å². The number of hydrogen-bond donors (Lipinski definition) is 3. The third-order valence-corrected chi connectivity index (χ3v) is 2.81. The molecule has 0 saturated carbocycles. The monoisotopic (exact) mass is 303 g/mol. The molecule has 0 atom stereocenters. The van der Waals surface area contributed by atoms with E-state index < -0.39 is 0 Å². The molecule has 0 aliphatic heterocycles. The molecule has 0 aliphatic carbocycles. The largest absolute Gasteiger partial charge is 0.508 e. The third-order valence-electron chi connectivity index (χ3n) is 2.57. The predicted octanol–water partition coefficient (Wildman–Crippen LogP) is 2.61. The van der Waals surface area contributed by atoms with E-state index in [2.05, 4.69) is 15.8 Å². The van der Waals surface area contributed by atoms with Crippen LogP contribution < -0.4 is 10.7 Å². The number of hydrogen-bond acceptors (Lipinski definition) is 4. The number of anilines is 1. The van der Waals surface area contributed by atoms with Crippen LogP contribution in [-0.2, 0) is 4.79 Å². The van der Waals surface area contributed by atoms with Gasteiger partial charge in [0, 0.05) is 10.7 Å². The normalized spacial score (nSPS) is 10.5. The first-order valence-electron chi connectivity index (χ1n) is 6.24. The number of benzene rings is 2. The molecule has 5 nitrogen and oxygen atoms in total. The van der Waals surface area contributed by atoms with Gasteiger partial charge < -0.3 is 10.4 Å². The maximum atomic E-state index is 11.6. The molecule has 0 bridgehead atoms. The first kappa shape index (κ1) is 14.9. The van der Waals surface area contributed by atoms with Crippen molar-refractivity contribution in [3.05, 3.63) is 59.1 Å². The summed E-state index contributed by atoms with van der Waals surface area (Å²) in [7, 11) is 0. The minimum Gasteiger partial charge on any atom is -0.508 e. The second-order valence-electron chi connectivity index (χ2n) is 4.25. The molecule has 2 rings (SSSR count). The van der Waals surface area contributed by atoms with Crippen molar-refractivity contribution in [2.75, 3.05) is 11.9 Å².